The summed E-state index contributed by atoms with van der Waals surface area (Å²) in [5.74, 6) is -4.95. The van der Waals surface area contributed by atoms with E-state index in [0.717, 1.165) is 6.42 Å². The lowest BCUT2D eigenvalue weighted by Crippen LogP contribution is -2.62. The monoisotopic (exact) mass is 299 g/mol. The van der Waals surface area contributed by atoms with E-state index < -0.39 is 17.4 Å². The predicted octanol–water partition coefficient (Wildman–Crippen LogP) is 1.60. The lowest BCUT2D eigenvalue weighted by molar-refractivity contribution is -0.224. The summed E-state index contributed by atoms with van der Waals surface area (Å²) in [4.78, 5) is 13.3. The highest BCUT2D eigenvalue weighted by atomic mass is 19.3. The maximum absolute atomic E-state index is 14.2. The minimum atomic E-state index is -3.70. The molecule has 3 rings (SSSR count). The first-order valence-corrected chi connectivity index (χ1v) is 7.33. The van der Waals surface area contributed by atoms with Crippen LogP contribution in [-0.4, -0.2) is 50.3 Å². The fourth-order valence-electron chi connectivity index (χ4n) is 3.08. The maximum atomic E-state index is 14.2. The molecule has 2 fully saturated rings. The van der Waals surface area contributed by atoms with Gasteiger partial charge in [0.1, 0.15) is 5.60 Å². The van der Waals surface area contributed by atoms with Gasteiger partial charge in [0.15, 0.2) is 0 Å². The lowest BCUT2D eigenvalue weighted by Gasteiger charge is -2.44. The molecule has 1 unspecified atom stereocenters. The van der Waals surface area contributed by atoms with Crippen molar-refractivity contribution in [3.63, 3.8) is 0 Å². The van der Waals surface area contributed by atoms with Crippen LogP contribution < -0.4 is 0 Å². The molecular formula is C14H19F2N3O2. The van der Waals surface area contributed by atoms with Crippen LogP contribution in [0.2, 0.25) is 0 Å². The molecule has 2 aliphatic rings. The Labute approximate surface area is 121 Å². The molecule has 1 atom stereocenters. The Morgan fingerprint density at radius 2 is 2.14 bits per heavy atom. The highest BCUT2D eigenvalue weighted by Crippen LogP contribution is 2.45. The first-order valence-electron chi connectivity index (χ1n) is 7.33. The average Bonchev–Trinajstić information content (AvgIpc) is 2.98. The quantitative estimate of drug-likeness (QED) is 0.922. The summed E-state index contributed by atoms with van der Waals surface area (Å²) in [5, 5.41) is 14.0. The van der Waals surface area contributed by atoms with Crippen LogP contribution in [0.4, 0.5) is 8.78 Å². The number of hydrogen-bond donors (Lipinski definition) is 1. The number of carbonyl (C=O) groups is 1. The number of nitrogens with zero attached hydrogens (tertiary/aromatic N) is 3. The van der Waals surface area contributed by atoms with Gasteiger partial charge in [-0.15, -0.1) is 0 Å². The molecule has 1 N–H and O–H groups in total. The second-order valence-electron chi connectivity index (χ2n) is 5.99. The van der Waals surface area contributed by atoms with Crippen LogP contribution in [0.25, 0.3) is 0 Å². The minimum absolute atomic E-state index is 0.0117. The van der Waals surface area contributed by atoms with E-state index >= 15 is 0 Å². The van der Waals surface area contributed by atoms with Crippen LogP contribution >= 0.6 is 0 Å². The van der Waals surface area contributed by atoms with Gasteiger partial charge in [-0.05, 0) is 38.2 Å². The Balaban J connectivity index is 1.72. The number of rotatable bonds is 3. The van der Waals surface area contributed by atoms with Crippen molar-refractivity contribution >= 4 is 5.91 Å². The van der Waals surface area contributed by atoms with E-state index in [1.54, 1.807) is 23.1 Å². The number of aliphatic hydroxyl groups is 1. The van der Waals surface area contributed by atoms with E-state index in [9.17, 15) is 18.7 Å². The van der Waals surface area contributed by atoms with Crippen molar-refractivity contribution < 1.29 is 18.7 Å². The summed E-state index contributed by atoms with van der Waals surface area (Å²) in [6.45, 7) is 0.522. The molecule has 1 aliphatic carbocycles. The second kappa shape index (κ2) is 5.05. The number of likely N-dealkylation sites (tertiary alicyclic amines) is 1. The molecule has 5 nitrogen and oxygen atoms in total. The molecule has 0 spiro atoms. The Kier molecular flexibility index (Phi) is 3.47. The molecule has 0 aromatic carbocycles. The van der Waals surface area contributed by atoms with Gasteiger partial charge in [0.25, 0.3) is 5.91 Å². The molecule has 1 aromatic heterocycles. The number of amides is 1. The Hall–Kier alpha value is -1.50. The largest absolute Gasteiger partial charge is 0.383 e. The molecule has 0 bridgehead atoms. The van der Waals surface area contributed by atoms with Crippen molar-refractivity contribution in [1.29, 1.82) is 0 Å². The summed E-state index contributed by atoms with van der Waals surface area (Å²) in [6.07, 6.45) is 5.38. The van der Waals surface area contributed by atoms with Gasteiger partial charge >= 0.3 is 5.92 Å². The maximum Gasteiger partial charge on any atom is 0.352 e. The Bertz CT molecular complexity index is 514. The van der Waals surface area contributed by atoms with E-state index in [1.165, 1.54) is 4.90 Å². The topological polar surface area (TPSA) is 58.4 Å². The summed E-state index contributed by atoms with van der Waals surface area (Å²) >= 11 is 0. The van der Waals surface area contributed by atoms with Crippen LogP contribution in [0.3, 0.4) is 0 Å². The molecule has 7 heteroatoms. The summed E-state index contributed by atoms with van der Waals surface area (Å²) < 4.78 is 30.2. The van der Waals surface area contributed by atoms with E-state index in [0.29, 0.717) is 19.4 Å². The normalized spacial score (nSPS) is 25.5. The molecule has 2 heterocycles. The van der Waals surface area contributed by atoms with Gasteiger partial charge in [0.2, 0.25) is 0 Å². The molecule has 0 radical (unpaired) electrons. The summed E-state index contributed by atoms with van der Waals surface area (Å²) in [5.41, 5.74) is -2.15. The molecule has 1 saturated heterocycles. The average molecular weight is 299 g/mol. The first-order chi connectivity index (χ1) is 9.94. The van der Waals surface area contributed by atoms with Crippen LogP contribution in [0, 0.1) is 0 Å². The number of halogens is 2. The second-order valence-corrected chi connectivity index (χ2v) is 5.99. The van der Waals surface area contributed by atoms with Gasteiger partial charge < -0.3 is 10.0 Å². The van der Waals surface area contributed by atoms with Gasteiger partial charge in [-0.2, -0.15) is 13.9 Å². The van der Waals surface area contributed by atoms with Crippen molar-refractivity contribution in [3.05, 3.63) is 18.5 Å². The molecular weight excluding hydrogens is 280 g/mol. The van der Waals surface area contributed by atoms with Gasteiger partial charge in [-0.1, -0.05) is 0 Å². The molecule has 1 amide bonds. The highest BCUT2D eigenvalue weighted by molar-refractivity contribution is 5.85. The van der Waals surface area contributed by atoms with Gasteiger partial charge in [0.05, 0.1) is 6.04 Å². The zero-order chi connectivity index (χ0) is 15.1. The number of alkyl halides is 2. The predicted molar refractivity (Wildman–Crippen MR) is 70.8 cm³/mol. The lowest BCUT2D eigenvalue weighted by atomic mass is 9.75. The minimum Gasteiger partial charge on any atom is -0.383 e. The van der Waals surface area contributed by atoms with Crippen LogP contribution in [-0.2, 0) is 4.79 Å². The van der Waals surface area contributed by atoms with E-state index in [-0.39, 0.29) is 25.4 Å². The van der Waals surface area contributed by atoms with Crippen LogP contribution in [0.5, 0.6) is 0 Å². The zero-order valence-corrected chi connectivity index (χ0v) is 11.7. The number of aromatic nitrogens is 2. The Morgan fingerprint density at radius 3 is 2.71 bits per heavy atom. The fraction of sp³-hybridized carbons (Fsp3) is 0.714. The third kappa shape index (κ3) is 2.33. The zero-order valence-electron chi connectivity index (χ0n) is 11.7. The van der Waals surface area contributed by atoms with Crippen molar-refractivity contribution in [1.82, 2.24) is 14.7 Å². The number of piperidine rings is 1. The van der Waals surface area contributed by atoms with E-state index in [1.807, 2.05) is 0 Å². The number of hydrogen-bond acceptors (Lipinski definition) is 3. The molecule has 1 saturated carbocycles. The Morgan fingerprint density at radius 1 is 1.38 bits per heavy atom. The van der Waals surface area contributed by atoms with Crippen molar-refractivity contribution in [2.45, 2.75) is 49.7 Å². The van der Waals surface area contributed by atoms with Crippen LogP contribution in [0.15, 0.2) is 18.5 Å². The summed E-state index contributed by atoms with van der Waals surface area (Å²) in [6, 6.07) is 1.69. The molecule has 1 aliphatic heterocycles. The molecule has 116 valence electrons. The fourth-order valence-corrected chi connectivity index (χ4v) is 3.08. The van der Waals surface area contributed by atoms with E-state index in [2.05, 4.69) is 5.10 Å². The van der Waals surface area contributed by atoms with E-state index in [4.69, 9.17) is 0 Å². The standard InChI is InChI=1S/C14H19F2N3O2/c15-14(16,13(21)5-2-6-13)12(20)18-8-1-4-11(10-18)19-9-3-7-17-19/h3,7,9,11,21H,1-2,4-6,8,10H2. The van der Waals surface area contributed by atoms with Crippen LogP contribution in [0.1, 0.15) is 38.1 Å². The first kappa shape index (κ1) is 14.4. The number of carbonyl (C=O) groups excluding carboxylic acids is 1. The van der Waals surface area contributed by atoms with Crippen molar-refractivity contribution in [3.8, 4) is 0 Å². The summed E-state index contributed by atoms with van der Waals surface area (Å²) in [7, 11) is 0. The van der Waals surface area contributed by atoms with Gasteiger partial charge in [0, 0.05) is 25.5 Å². The molecule has 21 heavy (non-hydrogen) atoms. The van der Waals surface area contributed by atoms with Crippen molar-refractivity contribution in [2.75, 3.05) is 13.1 Å². The van der Waals surface area contributed by atoms with Crippen molar-refractivity contribution in [2.24, 2.45) is 0 Å². The van der Waals surface area contributed by atoms with Gasteiger partial charge in [-0.25, -0.2) is 0 Å². The third-order valence-electron chi connectivity index (χ3n) is 4.62. The smallest absolute Gasteiger partial charge is 0.352 e. The molecule has 1 aromatic rings. The third-order valence-corrected chi connectivity index (χ3v) is 4.62. The SMILES string of the molecule is O=C(N1CCCC(n2cccn2)C1)C(F)(F)C1(O)CCC1. The highest BCUT2D eigenvalue weighted by Gasteiger charge is 2.62. The van der Waals surface area contributed by atoms with Gasteiger partial charge in [-0.3, -0.25) is 9.48 Å².